The molecule has 0 bridgehead atoms. The van der Waals surface area contributed by atoms with Gasteiger partial charge in [-0.3, -0.25) is 9.48 Å². The van der Waals surface area contributed by atoms with Gasteiger partial charge in [-0.2, -0.15) is 13.2 Å². The smallest absolute Gasteiger partial charge is 0.475 e. The van der Waals surface area contributed by atoms with Crippen molar-refractivity contribution in [3.63, 3.8) is 0 Å². The van der Waals surface area contributed by atoms with Gasteiger partial charge in [-0.15, -0.1) is 5.10 Å². The number of halogens is 3. The number of rotatable bonds is 5. The maximum Gasteiger partial charge on any atom is 0.490 e. The van der Waals surface area contributed by atoms with Crippen LogP contribution in [0.4, 0.5) is 18.9 Å². The predicted octanol–water partition coefficient (Wildman–Crippen LogP) is 2.58. The topological polar surface area (TPSA) is 112 Å². The molecule has 2 aromatic rings. The van der Waals surface area contributed by atoms with Crippen LogP contribution in [-0.2, 0) is 11.3 Å². The molecule has 1 atom stereocenters. The number of hydrogen-bond donors (Lipinski definition) is 2. The van der Waals surface area contributed by atoms with Crippen molar-refractivity contribution in [3.8, 4) is 0 Å². The van der Waals surface area contributed by atoms with E-state index < -0.39 is 18.2 Å². The van der Waals surface area contributed by atoms with E-state index in [2.05, 4.69) is 10.3 Å². The van der Waals surface area contributed by atoms with E-state index in [9.17, 15) is 23.1 Å². The fraction of sp³-hybridized carbons (Fsp3) is 0.524. The molecule has 0 aliphatic carbocycles. The van der Waals surface area contributed by atoms with Crippen LogP contribution >= 0.6 is 0 Å². The molecule has 9 nitrogen and oxygen atoms in total. The van der Waals surface area contributed by atoms with Crippen LogP contribution in [0.15, 0.2) is 30.5 Å². The standard InChI is InChI=1S/C19H27N5O2.C2HF3O2/c1-14(25)18-13-24(21-20-18)12-15-7-9-23(10-8-15)19(26)16-5-4-6-17(11-16)22(2)3;3-2(4,5)1(6)7/h4-6,11,13-15,25H,7-10,12H2,1-3H3;(H,6,7). The van der Waals surface area contributed by atoms with E-state index in [4.69, 9.17) is 9.90 Å². The minimum atomic E-state index is -5.08. The summed E-state index contributed by atoms with van der Waals surface area (Å²) >= 11 is 0. The summed E-state index contributed by atoms with van der Waals surface area (Å²) in [6.45, 7) is 3.98. The van der Waals surface area contributed by atoms with E-state index in [1.54, 1.807) is 17.8 Å². The van der Waals surface area contributed by atoms with Crippen molar-refractivity contribution >= 4 is 17.6 Å². The quantitative estimate of drug-likeness (QED) is 0.689. The highest BCUT2D eigenvalue weighted by Gasteiger charge is 2.38. The Bertz CT molecular complexity index is 938. The summed E-state index contributed by atoms with van der Waals surface area (Å²) < 4.78 is 33.5. The Morgan fingerprint density at radius 1 is 1.24 bits per heavy atom. The number of carbonyl (C=O) groups is 2. The van der Waals surface area contributed by atoms with Gasteiger partial charge >= 0.3 is 12.1 Å². The summed E-state index contributed by atoms with van der Waals surface area (Å²) in [5, 5.41) is 24.7. The Morgan fingerprint density at radius 2 is 1.85 bits per heavy atom. The Kier molecular flexibility index (Phi) is 8.80. The number of benzene rings is 1. The fourth-order valence-electron chi connectivity index (χ4n) is 3.28. The summed E-state index contributed by atoms with van der Waals surface area (Å²) in [5.41, 5.74) is 2.37. The van der Waals surface area contributed by atoms with Crippen LogP contribution in [0.3, 0.4) is 0 Å². The average Bonchev–Trinajstić information content (AvgIpc) is 3.22. The maximum atomic E-state index is 12.8. The van der Waals surface area contributed by atoms with Gasteiger partial charge in [-0.1, -0.05) is 11.3 Å². The first-order chi connectivity index (χ1) is 15.4. The highest BCUT2D eigenvalue weighted by Crippen LogP contribution is 2.22. The van der Waals surface area contributed by atoms with Crippen molar-refractivity contribution in [2.45, 2.75) is 38.6 Å². The van der Waals surface area contributed by atoms with Gasteiger partial charge in [0.2, 0.25) is 0 Å². The van der Waals surface area contributed by atoms with E-state index in [-0.39, 0.29) is 5.91 Å². The van der Waals surface area contributed by atoms with Crippen LogP contribution in [0.1, 0.15) is 41.9 Å². The number of carbonyl (C=O) groups excluding carboxylic acids is 1. The summed E-state index contributed by atoms with van der Waals surface area (Å²) in [5.74, 6) is -2.19. The third kappa shape index (κ3) is 7.74. The minimum Gasteiger partial charge on any atom is -0.475 e. The van der Waals surface area contributed by atoms with Crippen LogP contribution in [0.2, 0.25) is 0 Å². The lowest BCUT2D eigenvalue weighted by Gasteiger charge is -2.32. The van der Waals surface area contributed by atoms with Crippen LogP contribution in [0.25, 0.3) is 0 Å². The van der Waals surface area contributed by atoms with Gasteiger partial charge < -0.3 is 20.0 Å². The molecule has 0 radical (unpaired) electrons. The number of carboxylic acid groups (broad SMARTS) is 1. The molecule has 33 heavy (non-hydrogen) atoms. The van der Waals surface area contributed by atoms with Gasteiger partial charge in [0.15, 0.2) is 0 Å². The lowest BCUT2D eigenvalue weighted by molar-refractivity contribution is -0.192. The molecule has 2 heterocycles. The minimum absolute atomic E-state index is 0.101. The second kappa shape index (κ2) is 11.1. The molecule has 182 valence electrons. The zero-order valence-electron chi connectivity index (χ0n) is 18.7. The molecule has 0 saturated carbocycles. The van der Waals surface area contributed by atoms with E-state index in [1.807, 2.05) is 48.2 Å². The Labute approximate surface area is 189 Å². The Morgan fingerprint density at radius 3 is 2.33 bits per heavy atom. The van der Waals surface area contributed by atoms with Gasteiger partial charge in [0, 0.05) is 45.0 Å². The van der Waals surface area contributed by atoms with E-state index in [0.717, 1.165) is 43.7 Å². The number of aliphatic carboxylic acids is 1. The zero-order valence-corrected chi connectivity index (χ0v) is 18.7. The third-order valence-corrected chi connectivity index (χ3v) is 5.18. The van der Waals surface area contributed by atoms with E-state index >= 15 is 0 Å². The zero-order chi connectivity index (χ0) is 24.8. The normalized spacial score (nSPS) is 15.4. The lowest BCUT2D eigenvalue weighted by Crippen LogP contribution is -2.39. The number of anilines is 1. The number of aliphatic hydroxyl groups is 1. The first-order valence-corrected chi connectivity index (χ1v) is 10.3. The monoisotopic (exact) mass is 471 g/mol. The number of aromatic nitrogens is 3. The molecule has 1 aliphatic rings. The van der Waals surface area contributed by atoms with Gasteiger partial charge in [-0.05, 0) is 43.9 Å². The Balaban J connectivity index is 0.000000479. The number of piperidine rings is 1. The van der Waals surface area contributed by atoms with Crippen molar-refractivity contribution in [1.29, 1.82) is 0 Å². The predicted molar refractivity (Wildman–Crippen MR) is 114 cm³/mol. The van der Waals surface area contributed by atoms with Crippen molar-refractivity contribution < 1.29 is 33.0 Å². The van der Waals surface area contributed by atoms with Crippen molar-refractivity contribution in [3.05, 3.63) is 41.7 Å². The Hall–Kier alpha value is -3.15. The lowest BCUT2D eigenvalue weighted by atomic mass is 9.96. The van der Waals surface area contributed by atoms with Gasteiger partial charge in [0.05, 0.1) is 12.3 Å². The summed E-state index contributed by atoms with van der Waals surface area (Å²) in [7, 11) is 3.95. The first kappa shape index (κ1) is 26.1. The second-order valence-electron chi connectivity index (χ2n) is 8.02. The van der Waals surface area contributed by atoms with Gasteiger partial charge in [0.25, 0.3) is 5.91 Å². The number of alkyl halides is 3. The average molecular weight is 471 g/mol. The summed E-state index contributed by atoms with van der Waals surface area (Å²) in [4.78, 5) is 25.6. The van der Waals surface area contributed by atoms with E-state index in [1.165, 1.54) is 0 Å². The first-order valence-electron chi connectivity index (χ1n) is 10.3. The molecule has 2 N–H and O–H groups in total. The van der Waals surface area contributed by atoms with Crippen molar-refractivity contribution in [1.82, 2.24) is 19.9 Å². The second-order valence-corrected chi connectivity index (χ2v) is 8.02. The van der Waals surface area contributed by atoms with Gasteiger partial charge in [0.1, 0.15) is 5.69 Å². The molecule has 1 unspecified atom stereocenters. The molecule has 3 rings (SSSR count). The SMILES string of the molecule is CC(O)c1cn(CC2CCN(C(=O)c3cccc(N(C)C)c3)CC2)nn1.O=C(O)C(F)(F)F. The molecule has 1 saturated heterocycles. The van der Waals surface area contributed by atoms with Crippen LogP contribution in [0, 0.1) is 5.92 Å². The molecular formula is C21H28F3N5O4. The number of nitrogens with zero attached hydrogens (tertiary/aromatic N) is 5. The van der Waals surface area contributed by atoms with Crippen LogP contribution in [0.5, 0.6) is 0 Å². The van der Waals surface area contributed by atoms with Crippen LogP contribution in [-0.4, -0.2) is 75.3 Å². The van der Waals surface area contributed by atoms with Crippen molar-refractivity contribution in [2.24, 2.45) is 5.92 Å². The van der Waals surface area contributed by atoms with E-state index in [0.29, 0.717) is 11.6 Å². The van der Waals surface area contributed by atoms with Crippen LogP contribution < -0.4 is 4.90 Å². The molecule has 1 aliphatic heterocycles. The number of likely N-dealkylation sites (tertiary alicyclic amines) is 1. The molecule has 0 spiro atoms. The number of amides is 1. The molecule has 1 aromatic heterocycles. The molecule has 1 amide bonds. The highest BCUT2D eigenvalue weighted by molar-refractivity contribution is 5.95. The number of hydrogen-bond acceptors (Lipinski definition) is 6. The van der Waals surface area contributed by atoms with Crippen molar-refractivity contribution in [2.75, 3.05) is 32.1 Å². The maximum absolute atomic E-state index is 12.8. The van der Waals surface area contributed by atoms with Gasteiger partial charge in [-0.25, -0.2) is 4.79 Å². The fourth-order valence-corrected chi connectivity index (χ4v) is 3.28. The molecule has 1 aromatic carbocycles. The largest absolute Gasteiger partial charge is 0.490 e. The summed E-state index contributed by atoms with van der Waals surface area (Å²) in [6.07, 6.45) is -1.98. The number of carboxylic acids is 1. The summed E-state index contributed by atoms with van der Waals surface area (Å²) in [6, 6.07) is 7.76. The highest BCUT2D eigenvalue weighted by atomic mass is 19.4. The number of aliphatic hydroxyl groups excluding tert-OH is 1. The molecular weight excluding hydrogens is 443 g/mol. The third-order valence-electron chi connectivity index (χ3n) is 5.18. The molecule has 12 heteroatoms. The molecule has 1 fully saturated rings.